The molecule has 3 aromatic heterocycles. The topological polar surface area (TPSA) is 118 Å². The Bertz CT molecular complexity index is 1330. The van der Waals surface area contributed by atoms with Crippen molar-refractivity contribution in [2.45, 2.75) is 13.5 Å². The van der Waals surface area contributed by atoms with E-state index >= 15 is 0 Å². The van der Waals surface area contributed by atoms with Crippen molar-refractivity contribution in [3.63, 3.8) is 0 Å². The maximum atomic E-state index is 14.4. The SMILES string of the molecule is Cc1nc(Cn2cccnc2=O)sc1-c1csc(-c2cc(O)c(C(=O)O)cc2F)n1. The van der Waals surface area contributed by atoms with Gasteiger partial charge >= 0.3 is 11.7 Å². The summed E-state index contributed by atoms with van der Waals surface area (Å²) in [6, 6.07) is 3.49. The van der Waals surface area contributed by atoms with Crippen LogP contribution in [-0.4, -0.2) is 35.7 Å². The Balaban J connectivity index is 1.66. The van der Waals surface area contributed by atoms with Crippen molar-refractivity contribution in [2.75, 3.05) is 0 Å². The zero-order valence-electron chi connectivity index (χ0n) is 15.4. The number of nitrogens with zero attached hydrogens (tertiary/aromatic N) is 4. The number of aromatic nitrogens is 4. The fourth-order valence-electron chi connectivity index (χ4n) is 2.81. The molecule has 0 amide bonds. The van der Waals surface area contributed by atoms with Crippen LogP contribution in [0.3, 0.4) is 0 Å². The Morgan fingerprint density at radius 3 is 2.83 bits per heavy atom. The standard InChI is InChI=1S/C19H13FN4O4S2/c1-9-16(30-15(22-9)7-24-4-2-3-21-19(24)28)13-8-29-17(23-13)10-6-14(25)11(18(26)27)5-12(10)20/h2-6,8,25H,7H2,1H3,(H,26,27). The molecule has 0 saturated heterocycles. The van der Waals surface area contributed by atoms with Gasteiger partial charge in [-0.2, -0.15) is 0 Å². The smallest absolute Gasteiger partial charge is 0.347 e. The maximum absolute atomic E-state index is 14.4. The van der Waals surface area contributed by atoms with E-state index in [4.69, 9.17) is 5.11 Å². The van der Waals surface area contributed by atoms with Gasteiger partial charge in [-0.1, -0.05) is 0 Å². The molecule has 8 nitrogen and oxygen atoms in total. The van der Waals surface area contributed by atoms with E-state index in [2.05, 4.69) is 15.0 Å². The number of halogens is 1. The molecule has 152 valence electrons. The second-order valence-corrected chi connectivity index (χ2v) is 8.19. The second kappa shape index (κ2) is 7.76. The lowest BCUT2D eigenvalue weighted by atomic mass is 10.1. The lowest BCUT2D eigenvalue weighted by Gasteiger charge is -2.04. The summed E-state index contributed by atoms with van der Waals surface area (Å²) >= 11 is 2.53. The van der Waals surface area contributed by atoms with E-state index in [1.807, 2.05) is 6.92 Å². The van der Waals surface area contributed by atoms with E-state index in [0.717, 1.165) is 28.3 Å². The van der Waals surface area contributed by atoms with Gasteiger partial charge in [0.15, 0.2) is 0 Å². The zero-order chi connectivity index (χ0) is 21.4. The first kappa shape index (κ1) is 19.9. The molecule has 0 unspecified atom stereocenters. The number of aryl methyl sites for hydroxylation is 1. The van der Waals surface area contributed by atoms with Crippen molar-refractivity contribution in [3.8, 4) is 26.9 Å². The Labute approximate surface area is 176 Å². The number of phenols is 1. The Kier molecular flexibility index (Phi) is 5.14. The molecule has 0 saturated carbocycles. The number of aromatic hydroxyl groups is 1. The normalized spacial score (nSPS) is 11.0. The van der Waals surface area contributed by atoms with Crippen LogP contribution in [-0.2, 0) is 6.54 Å². The van der Waals surface area contributed by atoms with Gasteiger partial charge in [0.2, 0.25) is 0 Å². The number of aromatic carboxylic acids is 1. The molecule has 0 atom stereocenters. The molecule has 2 N–H and O–H groups in total. The van der Waals surface area contributed by atoms with Gasteiger partial charge in [-0.15, -0.1) is 22.7 Å². The number of thiazole rings is 2. The number of carbonyl (C=O) groups is 1. The average molecular weight is 444 g/mol. The van der Waals surface area contributed by atoms with E-state index in [0.29, 0.717) is 21.4 Å². The molecule has 11 heteroatoms. The van der Waals surface area contributed by atoms with Crippen molar-refractivity contribution in [1.82, 2.24) is 19.5 Å². The quantitative estimate of drug-likeness (QED) is 0.484. The van der Waals surface area contributed by atoms with Crippen molar-refractivity contribution in [3.05, 3.63) is 68.5 Å². The van der Waals surface area contributed by atoms with Crippen LogP contribution in [0.2, 0.25) is 0 Å². The summed E-state index contributed by atoms with van der Waals surface area (Å²) in [5, 5.41) is 21.6. The Morgan fingerprint density at radius 1 is 1.30 bits per heavy atom. The fourth-order valence-corrected chi connectivity index (χ4v) is 4.74. The third kappa shape index (κ3) is 3.72. The van der Waals surface area contributed by atoms with E-state index in [-0.39, 0.29) is 17.8 Å². The second-order valence-electron chi connectivity index (χ2n) is 6.24. The van der Waals surface area contributed by atoms with E-state index in [1.54, 1.807) is 17.6 Å². The highest BCUT2D eigenvalue weighted by Gasteiger charge is 2.19. The largest absolute Gasteiger partial charge is 0.507 e. The molecule has 0 radical (unpaired) electrons. The summed E-state index contributed by atoms with van der Waals surface area (Å²) in [5.74, 6) is -2.74. The predicted molar refractivity (Wildman–Crippen MR) is 110 cm³/mol. The molecule has 4 aromatic rings. The summed E-state index contributed by atoms with van der Waals surface area (Å²) in [5.41, 5.74) is 0.423. The highest BCUT2D eigenvalue weighted by atomic mass is 32.1. The van der Waals surface area contributed by atoms with Crippen molar-refractivity contribution >= 4 is 28.6 Å². The van der Waals surface area contributed by atoms with Crippen LogP contribution in [0.5, 0.6) is 5.75 Å². The predicted octanol–water partition coefficient (Wildman–Crippen LogP) is 3.39. The zero-order valence-corrected chi connectivity index (χ0v) is 17.0. The summed E-state index contributed by atoms with van der Waals surface area (Å²) in [6.07, 6.45) is 3.05. The first-order valence-corrected chi connectivity index (χ1v) is 10.2. The summed E-state index contributed by atoms with van der Waals surface area (Å²) in [6.45, 7) is 2.09. The summed E-state index contributed by atoms with van der Waals surface area (Å²) in [4.78, 5) is 36.2. The number of hydrogen-bond donors (Lipinski definition) is 2. The molecule has 3 heterocycles. The highest BCUT2D eigenvalue weighted by molar-refractivity contribution is 7.16. The lowest BCUT2D eigenvalue weighted by Crippen LogP contribution is -2.21. The maximum Gasteiger partial charge on any atom is 0.347 e. The van der Waals surface area contributed by atoms with Gasteiger partial charge in [0, 0.05) is 23.3 Å². The van der Waals surface area contributed by atoms with Gasteiger partial charge < -0.3 is 10.2 Å². The minimum atomic E-state index is -1.42. The molecule has 0 bridgehead atoms. The van der Waals surface area contributed by atoms with Gasteiger partial charge in [0.1, 0.15) is 27.1 Å². The molecule has 1 aromatic carbocycles. The molecule has 0 aliphatic carbocycles. The van der Waals surface area contributed by atoms with Crippen LogP contribution in [0.4, 0.5) is 4.39 Å². The summed E-state index contributed by atoms with van der Waals surface area (Å²) in [7, 11) is 0. The molecule has 0 aliphatic rings. The molecule has 0 spiro atoms. The number of hydrogen-bond acceptors (Lipinski definition) is 8. The molecule has 0 fully saturated rings. The van der Waals surface area contributed by atoms with E-state index in [1.165, 1.54) is 22.1 Å². The third-order valence-electron chi connectivity index (χ3n) is 4.21. The summed E-state index contributed by atoms with van der Waals surface area (Å²) < 4.78 is 15.8. The van der Waals surface area contributed by atoms with Gasteiger partial charge in [-0.05, 0) is 25.1 Å². The number of rotatable bonds is 5. The van der Waals surface area contributed by atoms with Crippen LogP contribution >= 0.6 is 22.7 Å². The van der Waals surface area contributed by atoms with Gasteiger partial charge in [0.25, 0.3) is 0 Å². The highest BCUT2D eigenvalue weighted by Crippen LogP contribution is 2.36. The number of carboxylic acid groups (broad SMARTS) is 1. The van der Waals surface area contributed by atoms with E-state index < -0.39 is 23.1 Å². The molecular formula is C19H13FN4O4S2. The van der Waals surface area contributed by atoms with Crippen LogP contribution in [0.25, 0.3) is 21.1 Å². The lowest BCUT2D eigenvalue weighted by molar-refractivity contribution is 0.0693. The van der Waals surface area contributed by atoms with Gasteiger partial charge in [-0.3, -0.25) is 4.57 Å². The van der Waals surface area contributed by atoms with Crippen LogP contribution in [0, 0.1) is 12.7 Å². The monoisotopic (exact) mass is 444 g/mol. The molecule has 0 aliphatic heterocycles. The Morgan fingerprint density at radius 2 is 2.10 bits per heavy atom. The van der Waals surface area contributed by atoms with Gasteiger partial charge in [-0.25, -0.2) is 28.9 Å². The molecular weight excluding hydrogens is 431 g/mol. The van der Waals surface area contributed by atoms with Crippen LogP contribution < -0.4 is 5.69 Å². The minimum Gasteiger partial charge on any atom is -0.507 e. The number of benzene rings is 1. The average Bonchev–Trinajstić information content (AvgIpc) is 3.31. The van der Waals surface area contributed by atoms with Crippen LogP contribution in [0.1, 0.15) is 21.1 Å². The minimum absolute atomic E-state index is 0.0121. The first-order chi connectivity index (χ1) is 14.3. The van der Waals surface area contributed by atoms with Crippen molar-refractivity contribution in [2.24, 2.45) is 0 Å². The molecule has 4 rings (SSSR count). The van der Waals surface area contributed by atoms with E-state index in [9.17, 15) is 19.1 Å². The van der Waals surface area contributed by atoms with Crippen molar-refractivity contribution < 1.29 is 19.4 Å². The number of carboxylic acids is 1. The van der Waals surface area contributed by atoms with Crippen LogP contribution in [0.15, 0.2) is 40.8 Å². The molecule has 30 heavy (non-hydrogen) atoms. The first-order valence-electron chi connectivity index (χ1n) is 8.53. The Hall–Kier alpha value is -3.44. The third-order valence-corrected chi connectivity index (χ3v) is 6.25. The fraction of sp³-hybridized carbons (Fsp3) is 0.105. The van der Waals surface area contributed by atoms with Crippen molar-refractivity contribution in [1.29, 1.82) is 0 Å². The van der Waals surface area contributed by atoms with Gasteiger partial charge in [0.05, 0.1) is 22.8 Å².